The van der Waals surface area contributed by atoms with Gasteiger partial charge in [0.05, 0.1) is 25.4 Å². The molecule has 0 bridgehead atoms. The van der Waals surface area contributed by atoms with E-state index in [1.165, 1.54) is 0 Å². The molecule has 0 heterocycles. The third-order valence-corrected chi connectivity index (χ3v) is 1.22. The number of carbonyl (C=O) groups excluding carboxylic acids is 2. The van der Waals surface area contributed by atoms with Crippen molar-refractivity contribution in [3.8, 4) is 0 Å². The van der Waals surface area contributed by atoms with Gasteiger partial charge in [-0.15, -0.1) is 0 Å². The summed E-state index contributed by atoms with van der Waals surface area (Å²) in [5.74, 6) is 0. The van der Waals surface area contributed by atoms with Crippen LogP contribution in [-0.2, 0) is 14.3 Å². The van der Waals surface area contributed by atoms with E-state index in [1.807, 2.05) is 0 Å². The number of amides is 2. The number of imide groups is 1. The lowest BCUT2D eigenvalue weighted by atomic mass is 10.2. The number of nitrogens with zero attached hydrogens (tertiary/aromatic N) is 1. The largest absolute Gasteiger partial charge is 0.388 e. The summed E-state index contributed by atoms with van der Waals surface area (Å²) in [7, 11) is 0. The van der Waals surface area contributed by atoms with E-state index in [4.69, 9.17) is 4.74 Å². The molecule has 0 saturated carbocycles. The molecule has 76 valence electrons. The standard InChI is InChI=1S/C8H15NO4/c1-8(2,12)5-13-4-3-9(6-10)7-11/h6-7,12H,3-5H2,1-2H3. The molecular formula is C8H15NO4. The summed E-state index contributed by atoms with van der Waals surface area (Å²) in [5, 5.41) is 9.22. The predicted molar refractivity (Wildman–Crippen MR) is 46.0 cm³/mol. The minimum absolute atomic E-state index is 0.179. The van der Waals surface area contributed by atoms with E-state index < -0.39 is 5.60 Å². The second-order valence-corrected chi connectivity index (χ2v) is 3.31. The molecule has 5 heteroatoms. The number of carbonyl (C=O) groups is 2. The highest BCUT2D eigenvalue weighted by Gasteiger charge is 2.12. The van der Waals surface area contributed by atoms with Gasteiger partial charge in [-0.05, 0) is 13.8 Å². The summed E-state index contributed by atoms with van der Waals surface area (Å²) in [4.78, 5) is 21.2. The lowest BCUT2D eigenvalue weighted by Crippen LogP contribution is -2.30. The first-order chi connectivity index (χ1) is 5.99. The molecule has 0 rings (SSSR count). The topological polar surface area (TPSA) is 66.8 Å². The van der Waals surface area contributed by atoms with E-state index in [1.54, 1.807) is 13.8 Å². The second-order valence-electron chi connectivity index (χ2n) is 3.31. The first-order valence-electron chi connectivity index (χ1n) is 3.96. The molecule has 0 aliphatic heterocycles. The summed E-state index contributed by atoms with van der Waals surface area (Å²) >= 11 is 0. The summed E-state index contributed by atoms with van der Waals surface area (Å²) in [5.41, 5.74) is -0.882. The third-order valence-electron chi connectivity index (χ3n) is 1.22. The van der Waals surface area contributed by atoms with Crippen molar-refractivity contribution in [1.29, 1.82) is 0 Å². The lowest BCUT2D eigenvalue weighted by Gasteiger charge is -2.17. The maximum atomic E-state index is 10.1. The van der Waals surface area contributed by atoms with Crippen molar-refractivity contribution in [3.63, 3.8) is 0 Å². The first kappa shape index (κ1) is 12.1. The van der Waals surface area contributed by atoms with Crippen molar-refractivity contribution < 1.29 is 19.4 Å². The van der Waals surface area contributed by atoms with Crippen LogP contribution < -0.4 is 0 Å². The number of aliphatic hydroxyl groups is 1. The van der Waals surface area contributed by atoms with Crippen LogP contribution in [0, 0.1) is 0 Å². The van der Waals surface area contributed by atoms with Crippen LogP contribution >= 0.6 is 0 Å². The van der Waals surface area contributed by atoms with Gasteiger partial charge in [-0.3, -0.25) is 14.5 Å². The number of ether oxygens (including phenoxy) is 1. The summed E-state index contributed by atoms with van der Waals surface area (Å²) in [6.07, 6.45) is 0.862. The number of rotatable bonds is 7. The Hall–Kier alpha value is -0.940. The summed E-state index contributed by atoms with van der Waals surface area (Å²) < 4.78 is 5.02. The van der Waals surface area contributed by atoms with Gasteiger partial charge in [0.2, 0.25) is 12.8 Å². The van der Waals surface area contributed by atoms with Crippen LogP contribution in [0.15, 0.2) is 0 Å². The SMILES string of the molecule is CC(C)(O)COCCN(C=O)C=O. The third kappa shape index (κ3) is 7.42. The van der Waals surface area contributed by atoms with Crippen molar-refractivity contribution >= 4 is 12.8 Å². The summed E-state index contributed by atoms with van der Waals surface area (Å²) in [6.45, 7) is 3.86. The Kier molecular flexibility index (Phi) is 5.25. The molecule has 2 amide bonds. The second kappa shape index (κ2) is 5.66. The minimum atomic E-state index is -0.882. The average molecular weight is 189 g/mol. The normalized spacial score (nSPS) is 11.0. The molecule has 5 nitrogen and oxygen atoms in total. The van der Waals surface area contributed by atoms with Crippen molar-refractivity contribution in [3.05, 3.63) is 0 Å². The van der Waals surface area contributed by atoms with Crippen LogP contribution in [0.1, 0.15) is 13.8 Å². The van der Waals surface area contributed by atoms with Crippen LogP contribution in [0.25, 0.3) is 0 Å². The van der Waals surface area contributed by atoms with Gasteiger partial charge in [-0.2, -0.15) is 0 Å². The Morgan fingerprint density at radius 2 is 1.92 bits per heavy atom. The van der Waals surface area contributed by atoms with E-state index >= 15 is 0 Å². The molecule has 0 atom stereocenters. The fraction of sp³-hybridized carbons (Fsp3) is 0.750. The molecule has 0 unspecified atom stereocenters. The van der Waals surface area contributed by atoms with Gasteiger partial charge in [0.15, 0.2) is 0 Å². The Bertz CT molecular complexity index is 156. The number of hydrogen-bond acceptors (Lipinski definition) is 4. The fourth-order valence-corrected chi connectivity index (χ4v) is 0.622. The monoisotopic (exact) mass is 189 g/mol. The molecule has 0 aromatic heterocycles. The molecular weight excluding hydrogens is 174 g/mol. The van der Waals surface area contributed by atoms with Crippen molar-refractivity contribution in [2.24, 2.45) is 0 Å². The van der Waals surface area contributed by atoms with Gasteiger partial charge in [0.1, 0.15) is 0 Å². The van der Waals surface area contributed by atoms with Crippen LogP contribution in [0.4, 0.5) is 0 Å². The Balaban J connectivity index is 3.45. The van der Waals surface area contributed by atoms with Gasteiger partial charge in [0.25, 0.3) is 0 Å². The van der Waals surface area contributed by atoms with E-state index in [0.29, 0.717) is 12.8 Å². The van der Waals surface area contributed by atoms with Crippen LogP contribution in [0.5, 0.6) is 0 Å². The smallest absolute Gasteiger partial charge is 0.216 e. The first-order valence-corrected chi connectivity index (χ1v) is 3.96. The highest BCUT2D eigenvalue weighted by Crippen LogP contribution is 2.00. The van der Waals surface area contributed by atoms with Crippen molar-refractivity contribution in [2.75, 3.05) is 19.8 Å². The van der Waals surface area contributed by atoms with Crippen LogP contribution in [0.3, 0.4) is 0 Å². The van der Waals surface area contributed by atoms with Crippen molar-refractivity contribution in [1.82, 2.24) is 4.90 Å². The highest BCUT2D eigenvalue weighted by molar-refractivity contribution is 5.68. The van der Waals surface area contributed by atoms with Crippen LogP contribution in [0.2, 0.25) is 0 Å². The van der Waals surface area contributed by atoms with E-state index in [-0.39, 0.29) is 19.8 Å². The van der Waals surface area contributed by atoms with Gasteiger partial charge in [-0.1, -0.05) is 0 Å². The fourth-order valence-electron chi connectivity index (χ4n) is 0.622. The average Bonchev–Trinajstić information content (AvgIpc) is 2.03. The molecule has 0 fully saturated rings. The molecule has 0 aliphatic carbocycles. The van der Waals surface area contributed by atoms with E-state index in [9.17, 15) is 14.7 Å². The molecule has 1 N–H and O–H groups in total. The molecule has 13 heavy (non-hydrogen) atoms. The Morgan fingerprint density at radius 3 is 2.31 bits per heavy atom. The van der Waals surface area contributed by atoms with Crippen LogP contribution in [-0.4, -0.2) is 48.2 Å². The molecule has 0 aliphatic rings. The van der Waals surface area contributed by atoms with Gasteiger partial charge >= 0.3 is 0 Å². The zero-order valence-corrected chi connectivity index (χ0v) is 7.90. The minimum Gasteiger partial charge on any atom is -0.388 e. The van der Waals surface area contributed by atoms with Gasteiger partial charge < -0.3 is 9.84 Å². The lowest BCUT2D eigenvalue weighted by molar-refractivity contribution is -0.130. The van der Waals surface area contributed by atoms with E-state index in [2.05, 4.69) is 0 Å². The molecule has 0 saturated heterocycles. The zero-order chi connectivity index (χ0) is 10.3. The van der Waals surface area contributed by atoms with Gasteiger partial charge in [0, 0.05) is 0 Å². The quantitative estimate of drug-likeness (QED) is 0.428. The zero-order valence-electron chi connectivity index (χ0n) is 7.90. The Labute approximate surface area is 77.3 Å². The highest BCUT2D eigenvalue weighted by atomic mass is 16.5. The molecule has 0 aromatic rings. The predicted octanol–water partition coefficient (Wildman–Crippen LogP) is -0.611. The van der Waals surface area contributed by atoms with Gasteiger partial charge in [-0.25, -0.2) is 0 Å². The summed E-state index contributed by atoms with van der Waals surface area (Å²) in [6, 6.07) is 0. The van der Waals surface area contributed by atoms with Crippen molar-refractivity contribution in [2.45, 2.75) is 19.4 Å². The maximum Gasteiger partial charge on any atom is 0.216 e. The molecule has 0 radical (unpaired) electrons. The van der Waals surface area contributed by atoms with E-state index in [0.717, 1.165) is 4.90 Å². The Morgan fingerprint density at radius 1 is 1.38 bits per heavy atom. The molecule has 0 spiro atoms. The maximum absolute atomic E-state index is 10.1. The number of hydrogen-bond donors (Lipinski definition) is 1. The molecule has 0 aromatic carbocycles.